The van der Waals surface area contributed by atoms with E-state index in [1.165, 1.54) is 18.3 Å². The number of nitro groups is 1. The molecule has 0 spiro atoms. The number of anilines is 1. The molecule has 2 rings (SSSR count). The lowest BCUT2D eigenvalue weighted by molar-refractivity contribution is -0.375. The van der Waals surface area contributed by atoms with Crippen molar-refractivity contribution in [3.63, 3.8) is 0 Å². The number of nitrogens with zero attached hydrogens (tertiary/aromatic N) is 1. The van der Waals surface area contributed by atoms with E-state index < -0.39 is 4.92 Å². The Labute approximate surface area is 110 Å². The number of aromatic hydroxyl groups is 1. The minimum absolute atomic E-state index is 0.125. The standard InChI is InChI=1S/C14H12N2O3/c17-14-9-5-4-8-12(14)13(16(18)19)10-15-11-6-2-1-3-7-11/h1-10,15,17H. The van der Waals surface area contributed by atoms with Crippen LogP contribution < -0.4 is 5.32 Å². The normalized spacial score (nSPS) is 11.1. The molecule has 19 heavy (non-hydrogen) atoms. The summed E-state index contributed by atoms with van der Waals surface area (Å²) in [6.45, 7) is 0. The molecular formula is C14H12N2O3. The summed E-state index contributed by atoms with van der Waals surface area (Å²) in [6.07, 6.45) is 1.27. The Bertz CT molecular complexity index is 609. The fourth-order valence-electron chi connectivity index (χ4n) is 1.61. The molecule has 0 aromatic heterocycles. The maximum atomic E-state index is 11.1. The van der Waals surface area contributed by atoms with E-state index in [1.54, 1.807) is 24.3 Å². The Balaban J connectivity index is 2.31. The Morgan fingerprint density at radius 3 is 2.37 bits per heavy atom. The van der Waals surface area contributed by atoms with Crippen molar-refractivity contribution in [2.24, 2.45) is 0 Å². The Morgan fingerprint density at radius 1 is 1.11 bits per heavy atom. The molecule has 0 unspecified atom stereocenters. The van der Waals surface area contributed by atoms with Crippen molar-refractivity contribution in [3.8, 4) is 5.75 Å². The number of phenolic OH excluding ortho intramolecular Hbond substituents is 1. The lowest BCUT2D eigenvalue weighted by atomic mass is 10.1. The summed E-state index contributed by atoms with van der Waals surface area (Å²) in [5.74, 6) is -0.125. The molecule has 0 aliphatic rings. The van der Waals surface area contributed by atoms with Gasteiger partial charge in [-0.25, -0.2) is 0 Å². The summed E-state index contributed by atoms with van der Waals surface area (Å²) in [7, 11) is 0. The first kappa shape index (κ1) is 12.6. The molecule has 0 radical (unpaired) electrons. The second-order valence-corrected chi connectivity index (χ2v) is 3.81. The van der Waals surface area contributed by atoms with Crippen LogP contribution in [0, 0.1) is 10.1 Å². The van der Waals surface area contributed by atoms with Crippen molar-refractivity contribution in [2.75, 3.05) is 5.32 Å². The summed E-state index contributed by atoms with van der Waals surface area (Å²) in [4.78, 5) is 10.5. The van der Waals surface area contributed by atoms with Crippen molar-refractivity contribution in [1.82, 2.24) is 0 Å². The van der Waals surface area contributed by atoms with E-state index in [2.05, 4.69) is 5.32 Å². The first-order valence-corrected chi connectivity index (χ1v) is 5.63. The van der Waals surface area contributed by atoms with Crippen LogP contribution in [0.2, 0.25) is 0 Å². The summed E-state index contributed by atoms with van der Waals surface area (Å²) >= 11 is 0. The predicted molar refractivity (Wildman–Crippen MR) is 73.1 cm³/mol. The van der Waals surface area contributed by atoms with Crippen molar-refractivity contribution >= 4 is 11.4 Å². The van der Waals surface area contributed by atoms with E-state index in [0.717, 1.165) is 5.69 Å². The highest BCUT2D eigenvalue weighted by atomic mass is 16.6. The summed E-state index contributed by atoms with van der Waals surface area (Å²) in [5, 5.41) is 23.6. The fourth-order valence-corrected chi connectivity index (χ4v) is 1.61. The fraction of sp³-hybridized carbons (Fsp3) is 0. The van der Waals surface area contributed by atoms with Crippen LogP contribution in [-0.4, -0.2) is 10.0 Å². The van der Waals surface area contributed by atoms with Gasteiger partial charge in [-0.05, 0) is 24.3 Å². The maximum Gasteiger partial charge on any atom is 0.296 e. The molecule has 2 aromatic carbocycles. The van der Waals surface area contributed by atoms with Gasteiger partial charge in [0.2, 0.25) is 0 Å². The smallest absolute Gasteiger partial charge is 0.296 e. The monoisotopic (exact) mass is 256 g/mol. The van der Waals surface area contributed by atoms with Gasteiger partial charge in [0.05, 0.1) is 16.7 Å². The second kappa shape index (κ2) is 5.68. The molecule has 2 N–H and O–H groups in total. The third-order valence-corrected chi connectivity index (χ3v) is 2.53. The number of hydrogen-bond acceptors (Lipinski definition) is 4. The highest BCUT2D eigenvalue weighted by molar-refractivity contribution is 5.66. The van der Waals surface area contributed by atoms with Gasteiger partial charge in [0.1, 0.15) is 5.75 Å². The third kappa shape index (κ3) is 3.10. The first-order valence-electron chi connectivity index (χ1n) is 5.63. The van der Waals surface area contributed by atoms with Crippen LogP contribution in [0.1, 0.15) is 5.56 Å². The lowest BCUT2D eigenvalue weighted by Gasteiger charge is -2.03. The second-order valence-electron chi connectivity index (χ2n) is 3.81. The van der Waals surface area contributed by atoms with Crippen LogP contribution in [0.15, 0.2) is 60.8 Å². The van der Waals surface area contributed by atoms with E-state index in [1.807, 2.05) is 18.2 Å². The van der Waals surface area contributed by atoms with Gasteiger partial charge in [0.25, 0.3) is 5.70 Å². The van der Waals surface area contributed by atoms with Crippen molar-refractivity contribution in [2.45, 2.75) is 0 Å². The molecule has 96 valence electrons. The van der Waals surface area contributed by atoms with Gasteiger partial charge in [-0.3, -0.25) is 10.1 Å². The van der Waals surface area contributed by atoms with Crippen LogP contribution in [0.4, 0.5) is 5.69 Å². The summed E-state index contributed by atoms with van der Waals surface area (Å²) < 4.78 is 0. The van der Waals surface area contributed by atoms with E-state index in [-0.39, 0.29) is 17.0 Å². The highest BCUT2D eigenvalue weighted by Crippen LogP contribution is 2.25. The van der Waals surface area contributed by atoms with Gasteiger partial charge >= 0.3 is 0 Å². The molecular weight excluding hydrogens is 244 g/mol. The molecule has 0 aliphatic carbocycles. The van der Waals surface area contributed by atoms with Gasteiger partial charge in [-0.1, -0.05) is 30.3 Å². The average Bonchev–Trinajstić information content (AvgIpc) is 2.42. The zero-order valence-electron chi connectivity index (χ0n) is 9.98. The van der Waals surface area contributed by atoms with Crippen molar-refractivity contribution in [3.05, 3.63) is 76.5 Å². The molecule has 0 fully saturated rings. The molecule has 0 heterocycles. The van der Waals surface area contributed by atoms with Gasteiger partial charge < -0.3 is 10.4 Å². The zero-order valence-corrected chi connectivity index (χ0v) is 9.98. The van der Waals surface area contributed by atoms with E-state index >= 15 is 0 Å². The van der Waals surface area contributed by atoms with E-state index in [0.29, 0.717) is 0 Å². The van der Waals surface area contributed by atoms with Gasteiger partial charge in [0.15, 0.2) is 0 Å². The minimum Gasteiger partial charge on any atom is -0.507 e. The number of hydrogen-bond donors (Lipinski definition) is 2. The molecule has 2 aromatic rings. The summed E-state index contributed by atoms with van der Waals surface area (Å²) in [5.41, 5.74) is 0.718. The quantitative estimate of drug-likeness (QED) is 0.651. The lowest BCUT2D eigenvalue weighted by Crippen LogP contribution is -2.01. The van der Waals surface area contributed by atoms with Gasteiger partial charge in [-0.15, -0.1) is 0 Å². The topological polar surface area (TPSA) is 75.4 Å². The zero-order chi connectivity index (χ0) is 13.7. The molecule has 0 atom stereocenters. The van der Waals surface area contributed by atoms with Crippen LogP contribution in [0.25, 0.3) is 5.70 Å². The number of phenols is 1. The molecule has 0 saturated heterocycles. The Hall–Kier alpha value is -2.82. The van der Waals surface area contributed by atoms with E-state index in [4.69, 9.17) is 0 Å². The predicted octanol–water partition coefficient (Wildman–Crippen LogP) is 3.08. The molecule has 0 saturated carbocycles. The molecule has 0 aliphatic heterocycles. The van der Waals surface area contributed by atoms with Crippen molar-refractivity contribution < 1.29 is 10.0 Å². The van der Waals surface area contributed by atoms with Crippen LogP contribution in [-0.2, 0) is 0 Å². The highest BCUT2D eigenvalue weighted by Gasteiger charge is 2.17. The largest absolute Gasteiger partial charge is 0.507 e. The number of nitrogens with one attached hydrogen (secondary N) is 1. The third-order valence-electron chi connectivity index (χ3n) is 2.53. The van der Waals surface area contributed by atoms with Gasteiger partial charge in [-0.2, -0.15) is 0 Å². The average molecular weight is 256 g/mol. The first-order chi connectivity index (χ1) is 9.18. The Kier molecular flexibility index (Phi) is 3.78. The molecule has 0 bridgehead atoms. The maximum absolute atomic E-state index is 11.1. The van der Waals surface area contributed by atoms with Crippen molar-refractivity contribution in [1.29, 1.82) is 0 Å². The van der Waals surface area contributed by atoms with Gasteiger partial charge in [0, 0.05) is 5.69 Å². The number of para-hydroxylation sites is 2. The Morgan fingerprint density at radius 2 is 1.74 bits per heavy atom. The summed E-state index contributed by atoms with van der Waals surface area (Å²) in [6, 6.07) is 15.2. The van der Waals surface area contributed by atoms with Crippen LogP contribution in [0.3, 0.4) is 0 Å². The molecule has 5 heteroatoms. The minimum atomic E-state index is -0.537. The molecule has 0 amide bonds. The SMILES string of the molecule is O=[N+]([O-])C(=CNc1ccccc1)c1ccccc1O. The van der Waals surface area contributed by atoms with Crippen LogP contribution >= 0.6 is 0 Å². The number of benzene rings is 2. The molecule has 5 nitrogen and oxygen atoms in total. The van der Waals surface area contributed by atoms with Crippen LogP contribution in [0.5, 0.6) is 5.75 Å². The number of rotatable bonds is 4. The van der Waals surface area contributed by atoms with E-state index in [9.17, 15) is 15.2 Å².